The fraction of sp³-hybridized carbons (Fsp3) is 0.143. The fourth-order valence-electron chi connectivity index (χ4n) is 1.46. The minimum absolute atomic E-state index is 0.320. The Bertz CT molecular complexity index is 602. The molecule has 1 aromatic heterocycles. The van der Waals surface area contributed by atoms with Gasteiger partial charge in [-0.2, -0.15) is 0 Å². The van der Waals surface area contributed by atoms with Crippen molar-refractivity contribution in [1.82, 2.24) is 4.98 Å². The Morgan fingerprint density at radius 3 is 2.65 bits per heavy atom. The summed E-state index contributed by atoms with van der Waals surface area (Å²) in [5, 5.41) is 3.59. The Hall–Kier alpha value is -1.78. The van der Waals surface area contributed by atoms with Gasteiger partial charge in [0, 0.05) is 6.20 Å². The lowest BCUT2D eigenvalue weighted by atomic mass is 10.3. The van der Waals surface area contributed by atoms with Gasteiger partial charge in [0.15, 0.2) is 6.10 Å². The maximum atomic E-state index is 12.0. The number of anilines is 1. The molecule has 20 heavy (non-hydrogen) atoms. The van der Waals surface area contributed by atoms with E-state index in [1.54, 1.807) is 43.3 Å². The molecule has 0 saturated heterocycles. The van der Waals surface area contributed by atoms with Gasteiger partial charge in [0.05, 0.1) is 10.0 Å². The average molecular weight is 311 g/mol. The van der Waals surface area contributed by atoms with Gasteiger partial charge in [0.25, 0.3) is 5.91 Å². The molecule has 0 saturated carbocycles. The molecule has 1 aromatic carbocycles. The molecule has 4 nitrogen and oxygen atoms in total. The highest BCUT2D eigenvalue weighted by atomic mass is 35.5. The second-order valence-electron chi connectivity index (χ2n) is 4.04. The number of aromatic nitrogens is 1. The van der Waals surface area contributed by atoms with E-state index >= 15 is 0 Å². The van der Waals surface area contributed by atoms with Crippen molar-refractivity contribution >= 4 is 34.9 Å². The first kappa shape index (κ1) is 14.6. The predicted octanol–water partition coefficient (Wildman–Crippen LogP) is 3.79. The van der Waals surface area contributed by atoms with Crippen LogP contribution < -0.4 is 10.1 Å². The van der Waals surface area contributed by atoms with E-state index in [0.717, 1.165) is 0 Å². The van der Waals surface area contributed by atoms with Crippen LogP contribution in [0.4, 0.5) is 5.82 Å². The normalized spacial score (nSPS) is 11.8. The van der Waals surface area contributed by atoms with Crippen LogP contribution in [0, 0.1) is 0 Å². The summed E-state index contributed by atoms with van der Waals surface area (Å²) in [5.41, 5.74) is 0. The molecule has 1 atom stereocenters. The molecule has 0 bridgehead atoms. The topological polar surface area (TPSA) is 51.2 Å². The summed E-state index contributed by atoms with van der Waals surface area (Å²) < 4.78 is 5.51. The van der Waals surface area contributed by atoms with Crippen molar-refractivity contribution in [2.24, 2.45) is 0 Å². The smallest absolute Gasteiger partial charge is 0.266 e. The van der Waals surface area contributed by atoms with Crippen LogP contribution in [0.15, 0.2) is 42.6 Å². The molecule has 1 N–H and O–H groups in total. The number of carbonyl (C=O) groups excluding carboxylic acids is 1. The van der Waals surface area contributed by atoms with E-state index in [9.17, 15) is 4.79 Å². The van der Waals surface area contributed by atoms with Gasteiger partial charge in [-0.25, -0.2) is 4.98 Å². The van der Waals surface area contributed by atoms with E-state index < -0.39 is 6.10 Å². The van der Waals surface area contributed by atoms with Crippen LogP contribution in [-0.2, 0) is 4.79 Å². The van der Waals surface area contributed by atoms with Gasteiger partial charge in [-0.15, -0.1) is 0 Å². The molecule has 1 heterocycles. The average Bonchev–Trinajstić information content (AvgIpc) is 2.44. The second-order valence-corrected chi connectivity index (χ2v) is 4.89. The Kier molecular flexibility index (Phi) is 4.82. The summed E-state index contributed by atoms with van der Waals surface area (Å²) in [5.74, 6) is 0.551. The predicted molar refractivity (Wildman–Crippen MR) is 79.4 cm³/mol. The molecule has 1 amide bonds. The van der Waals surface area contributed by atoms with Gasteiger partial charge in [0.1, 0.15) is 11.6 Å². The number of hydrogen-bond acceptors (Lipinski definition) is 3. The van der Waals surface area contributed by atoms with Crippen LogP contribution in [0.3, 0.4) is 0 Å². The fourth-order valence-corrected chi connectivity index (χ4v) is 1.75. The lowest BCUT2D eigenvalue weighted by Crippen LogP contribution is -2.30. The number of carbonyl (C=O) groups is 1. The van der Waals surface area contributed by atoms with Crippen molar-refractivity contribution in [3.63, 3.8) is 0 Å². The number of nitrogens with one attached hydrogen (secondary N) is 1. The lowest BCUT2D eigenvalue weighted by Gasteiger charge is -2.15. The molecule has 0 fully saturated rings. The summed E-state index contributed by atoms with van der Waals surface area (Å²) in [7, 11) is 0. The third-order valence-electron chi connectivity index (χ3n) is 2.49. The first-order valence-corrected chi connectivity index (χ1v) is 6.65. The molecule has 2 rings (SSSR count). The summed E-state index contributed by atoms with van der Waals surface area (Å²) in [6.07, 6.45) is 0.754. The number of para-hydroxylation sites is 1. The number of nitrogens with zero attached hydrogens (tertiary/aromatic N) is 1. The third-order valence-corrected chi connectivity index (χ3v) is 3.02. The van der Waals surface area contributed by atoms with Crippen LogP contribution in [0.2, 0.25) is 10.0 Å². The van der Waals surface area contributed by atoms with Crippen molar-refractivity contribution < 1.29 is 9.53 Å². The number of rotatable bonds is 4. The van der Waals surface area contributed by atoms with E-state index in [2.05, 4.69) is 10.3 Å². The maximum Gasteiger partial charge on any atom is 0.266 e. The van der Waals surface area contributed by atoms with E-state index in [-0.39, 0.29) is 5.91 Å². The second kappa shape index (κ2) is 6.59. The minimum Gasteiger partial charge on any atom is -0.479 e. The number of ether oxygens (including phenoxy) is 1. The van der Waals surface area contributed by atoms with Crippen molar-refractivity contribution in [3.8, 4) is 5.75 Å². The Morgan fingerprint density at radius 2 is 2.00 bits per heavy atom. The first-order chi connectivity index (χ1) is 9.56. The molecule has 0 spiro atoms. The van der Waals surface area contributed by atoms with E-state index in [1.807, 2.05) is 0 Å². The highest BCUT2D eigenvalue weighted by molar-refractivity contribution is 6.32. The third kappa shape index (κ3) is 3.85. The van der Waals surface area contributed by atoms with Gasteiger partial charge in [-0.05, 0) is 31.2 Å². The minimum atomic E-state index is -0.702. The molecule has 6 heteroatoms. The highest BCUT2D eigenvalue weighted by Gasteiger charge is 2.16. The zero-order chi connectivity index (χ0) is 14.5. The first-order valence-electron chi connectivity index (χ1n) is 5.90. The van der Waals surface area contributed by atoms with Crippen molar-refractivity contribution in [2.45, 2.75) is 13.0 Å². The number of amides is 1. The molecule has 0 aliphatic heterocycles. The molecule has 2 aromatic rings. The van der Waals surface area contributed by atoms with Gasteiger partial charge in [-0.3, -0.25) is 4.79 Å². The highest BCUT2D eigenvalue weighted by Crippen LogP contribution is 2.24. The molecule has 0 radical (unpaired) electrons. The molecule has 0 unspecified atom stereocenters. The van der Waals surface area contributed by atoms with Gasteiger partial charge >= 0.3 is 0 Å². The number of pyridine rings is 1. The number of halogens is 2. The van der Waals surface area contributed by atoms with Crippen molar-refractivity contribution in [3.05, 3.63) is 52.6 Å². The zero-order valence-corrected chi connectivity index (χ0v) is 12.2. The lowest BCUT2D eigenvalue weighted by molar-refractivity contribution is -0.122. The molecule has 0 aliphatic carbocycles. The number of benzene rings is 1. The Balaban J connectivity index is 1.99. The SMILES string of the molecule is C[C@H](Oc1ccccc1Cl)C(=O)Nc1ccc(Cl)cn1. The Labute approximate surface area is 126 Å². The quantitative estimate of drug-likeness (QED) is 0.934. The summed E-state index contributed by atoms with van der Waals surface area (Å²) in [4.78, 5) is 15.9. The number of hydrogen-bond donors (Lipinski definition) is 1. The monoisotopic (exact) mass is 310 g/mol. The molecular weight excluding hydrogens is 299 g/mol. The largest absolute Gasteiger partial charge is 0.479 e. The van der Waals surface area contributed by atoms with Crippen molar-refractivity contribution in [2.75, 3.05) is 5.32 Å². The molecular formula is C14H12Cl2N2O2. The van der Waals surface area contributed by atoms with E-state index in [0.29, 0.717) is 21.6 Å². The van der Waals surface area contributed by atoms with Gasteiger partial charge in [-0.1, -0.05) is 35.3 Å². The van der Waals surface area contributed by atoms with E-state index in [4.69, 9.17) is 27.9 Å². The van der Waals surface area contributed by atoms with Crippen molar-refractivity contribution in [1.29, 1.82) is 0 Å². The van der Waals surface area contributed by atoms with E-state index in [1.165, 1.54) is 6.20 Å². The maximum absolute atomic E-state index is 12.0. The van der Waals surface area contributed by atoms with Crippen LogP contribution in [0.1, 0.15) is 6.92 Å². The molecule has 104 valence electrons. The summed E-state index contributed by atoms with van der Waals surface area (Å²) in [6, 6.07) is 10.2. The van der Waals surface area contributed by atoms with Crippen LogP contribution in [0.25, 0.3) is 0 Å². The zero-order valence-electron chi connectivity index (χ0n) is 10.6. The molecule has 0 aliphatic rings. The van der Waals surface area contributed by atoms with Crippen LogP contribution >= 0.6 is 23.2 Å². The van der Waals surface area contributed by atoms with Gasteiger partial charge in [0.2, 0.25) is 0 Å². The Morgan fingerprint density at radius 1 is 1.25 bits per heavy atom. The summed E-state index contributed by atoms with van der Waals surface area (Å²) >= 11 is 11.7. The summed E-state index contributed by atoms with van der Waals surface area (Å²) in [6.45, 7) is 1.63. The standard InChI is InChI=1S/C14H12Cl2N2O2/c1-9(20-12-5-3-2-4-11(12)16)14(19)18-13-7-6-10(15)8-17-13/h2-9H,1H3,(H,17,18,19)/t9-/m0/s1. The van der Waals surface area contributed by atoms with Gasteiger partial charge < -0.3 is 10.1 Å². The van der Waals surface area contributed by atoms with Crippen LogP contribution in [-0.4, -0.2) is 17.0 Å². The van der Waals surface area contributed by atoms with Crippen LogP contribution in [0.5, 0.6) is 5.75 Å².